The normalized spacial score (nSPS) is 19.3. The first-order valence-corrected chi connectivity index (χ1v) is 16.6. The van der Waals surface area contributed by atoms with E-state index in [1.54, 1.807) is 47.4 Å². The molecule has 0 radical (unpaired) electrons. The van der Waals surface area contributed by atoms with Gasteiger partial charge in [0.1, 0.15) is 6.10 Å². The number of fused-ring (bicyclic) bond motifs is 1. The van der Waals surface area contributed by atoms with Crippen molar-refractivity contribution in [3.05, 3.63) is 83.4 Å². The molecule has 250 valence electrons. The Morgan fingerprint density at radius 2 is 1.70 bits per heavy atom. The molecule has 3 atom stereocenters. The predicted octanol–water partition coefficient (Wildman–Crippen LogP) is 5.39. The number of aliphatic hydroxyl groups excluding tert-OH is 1. The number of para-hydroxylation sites is 3. The van der Waals surface area contributed by atoms with Crippen LogP contribution in [0.25, 0.3) is 0 Å². The maximum absolute atomic E-state index is 13.8. The summed E-state index contributed by atoms with van der Waals surface area (Å²) in [4.78, 5) is 43.7. The van der Waals surface area contributed by atoms with Gasteiger partial charge in [-0.3, -0.25) is 19.3 Å². The lowest BCUT2D eigenvalue weighted by Crippen LogP contribution is -2.49. The van der Waals surface area contributed by atoms with Crippen LogP contribution in [0.15, 0.2) is 66.7 Å². The summed E-state index contributed by atoms with van der Waals surface area (Å²) in [7, 11) is 2.00. The summed E-state index contributed by atoms with van der Waals surface area (Å²) in [6, 6.07) is 19.5. The number of nitrogens with zero attached hydrogens (tertiary/aromatic N) is 2. The zero-order valence-corrected chi connectivity index (χ0v) is 27.6. The number of benzene rings is 3. The lowest BCUT2D eigenvalue weighted by molar-refractivity contribution is -0.120. The third-order valence-electron chi connectivity index (χ3n) is 9.29. The van der Waals surface area contributed by atoms with Crippen molar-refractivity contribution in [2.45, 2.75) is 64.6 Å². The smallest absolute Gasteiger partial charge is 0.258 e. The fraction of sp³-hybridized carbons (Fsp3) is 0.432. The van der Waals surface area contributed by atoms with Crippen LogP contribution < -0.4 is 21.1 Å². The van der Waals surface area contributed by atoms with E-state index >= 15 is 0 Å². The van der Waals surface area contributed by atoms with Crippen molar-refractivity contribution in [2.24, 2.45) is 11.8 Å². The molecule has 3 amide bonds. The maximum atomic E-state index is 13.8. The Hall–Kier alpha value is -4.41. The highest BCUT2D eigenvalue weighted by atomic mass is 16.5. The number of aliphatic hydroxyl groups is 1. The molecule has 1 saturated carbocycles. The van der Waals surface area contributed by atoms with Crippen LogP contribution >= 0.6 is 0 Å². The van der Waals surface area contributed by atoms with Gasteiger partial charge in [-0.25, -0.2) is 0 Å². The molecule has 1 fully saturated rings. The molecule has 5 N–H and O–H groups in total. The molecule has 1 aliphatic heterocycles. The molecule has 2 aliphatic rings. The van der Waals surface area contributed by atoms with Gasteiger partial charge in [0.2, 0.25) is 5.91 Å². The summed E-state index contributed by atoms with van der Waals surface area (Å²) in [6.07, 6.45) is 4.63. The van der Waals surface area contributed by atoms with Crippen LogP contribution in [0.2, 0.25) is 0 Å². The summed E-state index contributed by atoms with van der Waals surface area (Å²) in [5, 5.41) is 16.0. The summed E-state index contributed by atoms with van der Waals surface area (Å²) >= 11 is 0. The first kappa shape index (κ1) is 33.9. The molecule has 47 heavy (non-hydrogen) atoms. The van der Waals surface area contributed by atoms with E-state index in [9.17, 15) is 19.5 Å². The SMILES string of the molecule is C[C@@H]1CN([C@H](C)CO)C(=O)c2cccc(NC(=O)C3CCCCC3)c2O[C@H]1CN(C)Cc1ccc(C(=O)Nc2ccccc2N)cc1. The van der Waals surface area contributed by atoms with Crippen LogP contribution in [-0.4, -0.2) is 71.5 Å². The molecule has 5 rings (SSSR count). The number of rotatable bonds is 10. The second-order valence-electron chi connectivity index (χ2n) is 13.1. The number of carbonyl (C=O) groups is 3. The molecular weight excluding hydrogens is 594 g/mol. The van der Waals surface area contributed by atoms with Crippen LogP contribution in [0, 0.1) is 11.8 Å². The topological polar surface area (TPSA) is 137 Å². The van der Waals surface area contributed by atoms with Crippen LogP contribution in [0.1, 0.15) is 72.2 Å². The second kappa shape index (κ2) is 15.5. The van der Waals surface area contributed by atoms with Gasteiger partial charge in [-0.15, -0.1) is 0 Å². The highest BCUT2D eigenvalue weighted by Crippen LogP contribution is 2.36. The van der Waals surface area contributed by atoms with Crippen molar-refractivity contribution in [2.75, 3.05) is 43.1 Å². The minimum Gasteiger partial charge on any atom is -0.486 e. The Kier molecular flexibility index (Phi) is 11.2. The zero-order chi connectivity index (χ0) is 33.5. The monoisotopic (exact) mass is 641 g/mol. The number of hydrogen-bond donors (Lipinski definition) is 4. The van der Waals surface area contributed by atoms with Crippen LogP contribution in [0.5, 0.6) is 5.75 Å². The molecule has 1 aliphatic carbocycles. The zero-order valence-electron chi connectivity index (χ0n) is 27.6. The lowest BCUT2D eigenvalue weighted by atomic mass is 9.88. The number of ether oxygens (including phenoxy) is 1. The number of likely N-dealkylation sites (N-methyl/N-ethyl adjacent to an activating group) is 1. The average molecular weight is 642 g/mol. The van der Waals surface area contributed by atoms with Crippen molar-refractivity contribution in [1.29, 1.82) is 0 Å². The fourth-order valence-corrected chi connectivity index (χ4v) is 6.41. The van der Waals surface area contributed by atoms with Gasteiger partial charge in [0.05, 0.1) is 35.3 Å². The van der Waals surface area contributed by atoms with Gasteiger partial charge >= 0.3 is 0 Å². The van der Waals surface area contributed by atoms with Gasteiger partial charge in [0.25, 0.3) is 11.8 Å². The summed E-state index contributed by atoms with van der Waals surface area (Å²) in [5.74, 6) is -0.264. The molecule has 10 heteroatoms. The van der Waals surface area contributed by atoms with E-state index in [2.05, 4.69) is 15.5 Å². The Bertz CT molecular complexity index is 1550. The third-order valence-corrected chi connectivity index (χ3v) is 9.29. The molecule has 0 unspecified atom stereocenters. The van der Waals surface area contributed by atoms with E-state index in [1.807, 2.05) is 45.2 Å². The lowest BCUT2D eigenvalue weighted by Gasteiger charge is -2.38. The first-order valence-electron chi connectivity index (χ1n) is 16.6. The Labute approximate surface area is 277 Å². The Morgan fingerprint density at radius 3 is 2.40 bits per heavy atom. The average Bonchev–Trinajstić information content (AvgIpc) is 3.08. The van der Waals surface area contributed by atoms with Crippen LogP contribution in [0.3, 0.4) is 0 Å². The summed E-state index contributed by atoms with van der Waals surface area (Å²) in [6.45, 7) is 5.27. The van der Waals surface area contributed by atoms with Crippen molar-refractivity contribution in [3.8, 4) is 5.75 Å². The number of nitrogen functional groups attached to an aromatic ring is 1. The highest BCUT2D eigenvalue weighted by molar-refractivity contribution is 6.05. The summed E-state index contributed by atoms with van der Waals surface area (Å²) < 4.78 is 6.70. The maximum Gasteiger partial charge on any atom is 0.258 e. The number of nitrogens with two attached hydrogens (primary N) is 1. The van der Waals surface area contributed by atoms with Crippen molar-refractivity contribution in [1.82, 2.24) is 9.80 Å². The van der Waals surface area contributed by atoms with Gasteiger partial charge < -0.3 is 31.1 Å². The van der Waals surface area contributed by atoms with E-state index in [0.717, 1.165) is 37.7 Å². The van der Waals surface area contributed by atoms with Crippen LogP contribution in [-0.2, 0) is 11.3 Å². The molecule has 1 heterocycles. The van der Waals surface area contributed by atoms with E-state index in [0.29, 0.717) is 53.6 Å². The largest absolute Gasteiger partial charge is 0.486 e. The standard InChI is InChI=1S/C37H47N5O5/c1-24-20-42(25(2)23-43)37(46)29-12-9-15-32(40-35(44)27-10-5-4-6-11-27)34(29)47-33(24)22-41(3)21-26-16-18-28(19-17-26)36(45)39-31-14-8-7-13-30(31)38/h7-9,12-19,24-25,27,33,43H,4-6,10-11,20-23,38H2,1-3H3,(H,39,45)(H,40,44)/t24-,25-,33+/m1/s1. The van der Waals surface area contributed by atoms with Crippen molar-refractivity contribution < 1.29 is 24.2 Å². The number of anilines is 3. The van der Waals surface area contributed by atoms with E-state index < -0.39 is 0 Å². The Morgan fingerprint density at radius 1 is 1.00 bits per heavy atom. The number of carbonyl (C=O) groups excluding carboxylic acids is 3. The highest BCUT2D eigenvalue weighted by Gasteiger charge is 2.35. The molecule has 0 spiro atoms. The fourth-order valence-electron chi connectivity index (χ4n) is 6.41. The minimum atomic E-state index is -0.385. The first-order chi connectivity index (χ1) is 22.6. The molecule has 3 aromatic rings. The van der Waals surface area contributed by atoms with Gasteiger partial charge in [0.15, 0.2) is 5.75 Å². The minimum absolute atomic E-state index is 0.0390. The second-order valence-corrected chi connectivity index (χ2v) is 13.1. The molecule has 10 nitrogen and oxygen atoms in total. The van der Waals surface area contributed by atoms with Gasteiger partial charge in [-0.05, 0) is 68.8 Å². The third kappa shape index (κ3) is 8.31. The summed E-state index contributed by atoms with van der Waals surface area (Å²) in [5.41, 5.74) is 9.47. The van der Waals surface area contributed by atoms with Gasteiger partial charge in [0, 0.05) is 37.0 Å². The van der Waals surface area contributed by atoms with E-state index in [4.69, 9.17) is 10.5 Å². The van der Waals surface area contributed by atoms with Crippen molar-refractivity contribution in [3.63, 3.8) is 0 Å². The molecule has 0 aromatic heterocycles. The number of amides is 3. The Balaban J connectivity index is 1.32. The number of hydrogen-bond acceptors (Lipinski definition) is 7. The number of nitrogens with one attached hydrogen (secondary N) is 2. The molecular formula is C37H47N5O5. The molecule has 3 aromatic carbocycles. The molecule has 0 saturated heterocycles. The van der Waals surface area contributed by atoms with Gasteiger partial charge in [-0.2, -0.15) is 0 Å². The van der Waals surface area contributed by atoms with Gasteiger partial charge in [-0.1, -0.05) is 56.5 Å². The van der Waals surface area contributed by atoms with E-state index in [1.165, 1.54) is 0 Å². The van der Waals surface area contributed by atoms with Crippen molar-refractivity contribution >= 4 is 34.8 Å². The molecule has 0 bridgehead atoms. The van der Waals surface area contributed by atoms with E-state index in [-0.39, 0.29) is 48.3 Å². The quantitative estimate of drug-likeness (QED) is 0.218. The van der Waals surface area contributed by atoms with Crippen LogP contribution in [0.4, 0.5) is 17.1 Å². The predicted molar refractivity (Wildman–Crippen MR) is 184 cm³/mol.